The summed E-state index contributed by atoms with van der Waals surface area (Å²) in [5.41, 5.74) is 2.88. The first-order valence-corrected chi connectivity index (χ1v) is 10.9. The SMILES string of the molecule is C[CH-]C(C)=C(C)[C](C)=[Ge][c]1ccccc1.C[N-]C.C[N-]C.[C-]1=CC=CC1.[Ti+4]. The van der Waals surface area contributed by atoms with Crippen LogP contribution in [0.15, 0.2) is 59.7 Å². The maximum atomic E-state index is 3.50. The molecule has 0 N–H and O–H groups in total. The van der Waals surface area contributed by atoms with Crippen molar-refractivity contribution in [3.63, 3.8) is 0 Å². The molecule has 4 heteroatoms. The van der Waals surface area contributed by atoms with Crippen LogP contribution in [0.3, 0.4) is 0 Å². The fraction of sp³-hybridized carbons (Fsp3) is 0.391. The Morgan fingerprint density at radius 1 is 1.00 bits per heavy atom. The minimum absolute atomic E-state index is 0. The third kappa shape index (κ3) is 19.9. The van der Waals surface area contributed by atoms with Gasteiger partial charge in [-0.1, -0.05) is 0 Å². The first kappa shape index (κ1) is 31.1. The van der Waals surface area contributed by atoms with Crippen molar-refractivity contribution in [1.29, 1.82) is 0 Å². The van der Waals surface area contributed by atoms with E-state index in [4.69, 9.17) is 0 Å². The number of hydrogen-bond acceptors (Lipinski definition) is 0. The predicted octanol–water partition coefficient (Wildman–Crippen LogP) is 5.31. The van der Waals surface area contributed by atoms with E-state index in [9.17, 15) is 0 Å². The van der Waals surface area contributed by atoms with Gasteiger partial charge in [0, 0.05) is 0 Å². The molecular weight excluding hydrogens is 425 g/mol. The molecule has 0 aliphatic heterocycles. The monoisotopic (exact) mass is 461 g/mol. The van der Waals surface area contributed by atoms with E-state index >= 15 is 0 Å². The van der Waals surface area contributed by atoms with Crippen molar-refractivity contribution in [2.45, 2.75) is 34.1 Å². The van der Waals surface area contributed by atoms with Gasteiger partial charge < -0.3 is 10.6 Å². The van der Waals surface area contributed by atoms with E-state index in [1.807, 2.05) is 12.2 Å². The summed E-state index contributed by atoms with van der Waals surface area (Å²) in [5, 5.41) is 7.00. The summed E-state index contributed by atoms with van der Waals surface area (Å²) < 4.78 is 3.09. The topological polar surface area (TPSA) is 28.2 Å². The number of allylic oxidation sites excluding steroid dienone is 6. The van der Waals surface area contributed by atoms with Crippen LogP contribution in [0.5, 0.6) is 0 Å². The van der Waals surface area contributed by atoms with Gasteiger partial charge in [0.2, 0.25) is 0 Å². The zero-order valence-corrected chi connectivity index (χ0v) is 22.0. The standard InChI is InChI=1S/C14H18Ge.C5H5.2C2H6N.Ti/c1-5-11(2)12(3)13(4)15-14-9-7-6-8-10-14;1-2-4-5-3-1;2*1-3-2;/h5-10H,1-4H3;1-3H,4H2;2*1-2H3;/q4*-1;+4. The Labute approximate surface area is 189 Å². The third-order valence-electron chi connectivity index (χ3n) is 3.28. The van der Waals surface area contributed by atoms with E-state index in [1.165, 1.54) is 15.5 Å². The Hall–Kier alpha value is -0.643. The molecule has 0 unspecified atom stereocenters. The van der Waals surface area contributed by atoms with Gasteiger partial charge >= 0.3 is 121 Å². The fourth-order valence-corrected chi connectivity index (χ4v) is 4.15. The molecule has 0 aromatic heterocycles. The molecule has 0 fully saturated rings. The van der Waals surface area contributed by atoms with Crippen molar-refractivity contribution in [2.24, 2.45) is 0 Å². The Bertz CT molecular complexity index is 549. The van der Waals surface area contributed by atoms with Gasteiger partial charge in [0.1, 0.15) is 0 Å². The first-order chi connectivity index (χ1) is 12.5. The molecule has 2 rings (SSSR count). The molecule has 0 spiro atoms. The molecule has 1 aromatic rings. The Morgan fingerprint density at radius 3 is 1.85 bits per heavy atom. The van der Waals surface area contributed by atoms with Crippen molar-refractivity contribution in [1.82, 2.24) is 0 Å². The number of hydrogen-bond donors (Lipinski definition) is 0. The summed E-state index contributed by atoms with van der Waals surface area (Å²) in [5.74, 6) is 0. The van der Waals surface area contributed by atoms with E-state index in [0.29, 0.717) is 0 Å². The summed E-state index contributed by atoms with van der Waals surface area (Å²) >= 11 is -0.118. The molecule has 1 aliphatic carbocycles. The molecule has 27 heavy (non-hydrogen) atoms. The van der Waals surface area contributed by atoms with Crippen molar-refractivity contribution in [3.8, 4) is 0 Å². The second-order valence-corrected chi connectivity index (χ2v) is 8.92. The molecule has 1 aromatic carbocycles. The molecule has 0 bridgehead atoms. The van der Waals surface area contributed by atoms with Gasteiger partial charge in [-0.05, 0) is 0 Å². The van der Waals surface area contributed by atoms with E-state index in [2.05, 4.69) is 87.2 Å². The van der Waals surface area contributed by atoms with Crippen LogP contribution < -0.4 is 4.40 Å². The van der Waals surface area contributed by atoms with Crippen LogP contribution in [-0.2, 0) is 21.7 Å². The van der Waals surface area contributed by atoms with Crippen LogP contribution in [0.4, 0.5) is 0 Å². The predicted molar refractivity (Wildman–Crippen MR) is 123 cm³/mol. The third-order valence-corrected chi connectivity index (χ3v) is 6.16. The van der Waals surface area contributed by atoms with Gasteiger partial charge in [-0.25, -0.2) is 12.2 Å². The number of rotatable bonds is 3. The maximum absolute atomic E-state index is 3.50. The van der Waals surface area contributed by atoms with Gasteiger partial charge in [-0.3, -0.25) is 6.08 Å². The normalized spacial score (nSPS) is 12.1. The Morgan fingerprint density at radius 2 is 1.52 bits per heavy atom. The maximum Gasteiger partial charge on any atom is 4.00 e. The zero-order chi connectivity index (χ0) is 20.2. The van der Waals surface area contributed by atoms with Gasteiger partial charge in [0.15, 0.2) is 0 Å². The number of nitrogens with zero attached hydrogens (tertiary/aromatic N) is 2. The zero-order valence-electron chi connectivity index (χ0n) is 18.3. The molecular formula is C23H35GeN2Ti. The average molecular weight is 460 g/mol. The Balaban J connectivity index is -0.000000395. The summed E-state index contributed by atoms with van der Waals surface area (Å²) in [6, 6.07) is 10.8. The first-order valence-electron chi connectivity index (χ1n) is 8.78. The van der Waals surface area contributed by atoms with Crippen LogP contribution in [0, 0.1) is 12.5 Å². The van der Waals surface area contributed by atoms with E-state index in [0.717, 1.165) is 6.42 Å². The second kappa shape index (κ2) is 23.4. The van der Waals surface area contributed by atoms with Crippen LogP contribution in [0.2, 0.25) is 0 Å². The van der Waals surface area contributed by atoms with E-state index < -0.39 is 0 Å². The average Bonchev–Trinajstić information content (AvgIpc) is 3.22. The second-order valence-electron chi connectivity index (χ2n) is 5.61. The smallest absolute Gasteiger partial charge is 0.668 e. The van der Waals surface area contributed by atoms with Crippen molar-refractivity contribution >= 4 is 23.7 Å². The Kier molecular flexibility index (Phi) is 26.9. The number of benzene rings is 1. The molecule has 0 saturated carbocycles. The molecule has 0 heterocycles. The van der Waals surface area contributed by atoms with E-state index in [1.54, 1.807) is 32.5 Å². The van der Waals surface area contributed by atoms with Gasteiger partial charge in [0.25, 0.3) is 0 Å². The van der Waals surface area contributed by atoms with Gasteiger partial charge in [-0.2, -0.15) is 34.3 Å². The molecule has 145 valence electrons. The summed E-state index contributed by atoms with van der Waals surface area (Å²) in [6.45, 7) is 8.80. The molecule has 1 aliphatic rings. The minimum Gasteiger partial charge on any atom is -0.668 e. The molecule has 0 atom stereocenters. The minimum atomic E-state index is -0.118. The van der Waals surface area contributed by atoms with E-state index in [-0.39, 0.29) is 36.7 Å². The van der Waals surface area contributed by atoms with Gasteiger partial charge in [-0.15, -0.1) is 6.42 Å². The van der Waals surface area contributed by atoms with Crippen molar-refractivity contribution in [2.75, 3.05) is 28.2 Å². The van der Waals surface area contributed by atoms with Crippen molar-refractivity contribution < 1.29 is 21.7 Å². The quantitative estimate of drug-likeness (QED) is 0.433. The molecule has 2 nitrogen and oxygen atoms in total. The molecule has 0 amide bonds. The van der Waals surface area contributed by atoms with Crippen LogP contribution in [0.1, 0.15) is 34.1 Å². The summed E-state index contributed by atoms with van der Waals surface area (Å²) in [7, 11) is 7.00. The van der Waals surface area contributed by atoms with Crippen LogP contribution in [-0.4, -0.2) is 47.5 Å². The van der Waals surface area contributed by atoms with Crippen LogP contribution in [0.25, 0.3) is 10.6 Å². The summed E-state index contributed by atoms with van der Waals surface area (Å²) in [6.07, 6.45) is 12.2. The van der Waals surface area contributed by atoms with Gasteiger partial charge in [0.05, 0.1) is 0 Å². The fourth-order valence-electron chi connectivity index (χ4n) is 1.68. The van der Waals surface area contributed by atoms with Crippen molar-refractivity contribution in [3.05, 3.63) is 82.8 Å². The largest absolute Gasteiger partial charge is 4.00 e. The molecule has 0 saturated heterocycles. The summed E-state index contributed by atoms with van der Waals surface area (Å²) in [4.78, 5) is 0. The molecule has 1 radical (unpaired) electrons. The van der Waals surface area contributed by atoms with Crippen LogP contribution >= 0.6 is 0 Å².